The fourth-order valence-corrected chi connectivity index (χ4v) is 1.21. The van der Waals surface area contributed by atoms with Gasteiger partial charge < -0.3 is 10.8 Å². The molecule has 0 fully saturated rings. The van der Waals surface area contributed by atoms with Crippen LogP contribution in [0.2, 0.25) is 0 Å². The highest BCUT2D eigenvalue weighted by Gasteiger charge is 2.01. The van der Waals surface area contributed by atoms with E-state index in [9.17, 15) is 0 Å². The molecule has 1 aromatic rings. The Hall–Kier alpha value is -0.830. The maximum Gasteiger partial charge on any atom is 0.0585 e. The molecule has 2 nitrogen and oxygen atoms in total. The third kappa shape index (κ3) is 3.92. The lowest BCUT2D eigenvalue weighted by molar-refractivity contribution is 0.265. The largest absolute Gasteiger partial charge is 0.395 e. The summed E-state index contributed by atoms with van der Waals surface area (Å²) in [6.45, 7) is 3.72. The van der Waals surface area contributed by atoms with Crippen LogP contribution in [0.1, 0.15) is 11.1 Å². The lowest BCUT2D eigenvalue weighted by atomic mass is 10.0. The minimum atomic E-state index is -0.167. The Bertz CT molecular complexity index is 288. The second kappa shape index (κ2) is 6.60. The molecule has 1 atom stereocenters. The van der Waals surface area contributed by atoms with Gasteiger partial charge in [0.2, 0.25) is 0 Å². The number of nitrogens with two attached hydrogens (primary N) is 1. The molecule has 3 N–H and O–H groups in total. The number of halogens is 1. The molecule has 0 aliphatic carbocycles. The van der Waals surface area contributed by atoms with Crippen LogP contribution in [0, 0.1) is 0 Å². The Morgan fingerprint density at radius 2 is 2.21 bits per heavy atom. The fraction of sp³-hybridized carbons (Fsp3) is 0.273. The van der Waals surface area contributed by atoms with Crippen LogP contribution < -0.4 is 5.73 Å². The standard InChI is InChI=1S/C11H15NO.ClH/c1-2-9-4-3-5-10(6-9)7-11(12)8-13;/h2-6,11,13H,1,7-8,12H2;1H. The SMILES string of the molecule is C=Cc1cccc(CC(N)CO)c1.Cl. The molecule has 1 unspecified atom stereocenters. The summed E-state index contributed by atoms with van der Waals surface area (Å²) in [4.78, 5) is 0. The van der Waals surface area contributed by atoms with Gasteiger partial charge in [-0.25, -0.2) is 0 Å². The molecule has 1 aromatic carbocycles. The average molecular weight is 214 g/mol. The zero-order valence-electron chi connectivity index (χ0n) is 8.02. The quantitative estimate of drug-likeness (QED) is 0.799. The smallest absolute Gasteiger partial charge is 0.0585 e. The molecule has 14 heavy (non-hydrogen) atoms. The van der Waals surface area contributed by atoms with E-state index in [0.29, 0.717) is 6.42 Å². The van der Waals surface area contributed by atoms with Crippen molar-refractivity contribution < 1.29 is 5.11 Å². The van der Waals surface area contributed by atoms with Crippen LogP contribution in [-0.4, -0.2) is 17.8 Å². The molecule has 78 valence electrons. The summed E-state index contributed by atoms with van der Waals surface area (Å²) in [6.07, 6.45) is 2.51. The van der Waals surface area contributed by atoms with E-state index in [1.165, 1.54) is 0 Å². The van der Waals surface area contributed by atoms with Crippen molar-refractivity contribution in [3.8, 4) is 0 Å². The van der Waals surface area contributed by atoms with E-state index in [1.807, 2.05) is 24.3 Å². The summed E-state index contributed by atoms with van der Waals surface area (Å²) < 4.78 is 0. The van der Waals surface area contributed by atoms with Crippen molar-refractivity contribution in [1.82, 2.24) is 0 Å². The van der Waals surface area contributed by atoms with Crippen molar-refractivity contribution in [2.24, 2.45) is 5.73 Å². The van der Waals surface area contributed by atoms with E-state index < -0.39 is 0 Å². The molecule has 0 saturated heterocycles. The van der Waals surface area contributed by atoms with Gasteiger partial charge in [0.05, 0.1) is 6.61 Å². The minimum absolute atomic E-state index is 0. The zero-order chi connectivity index (χ0) is 9.68. The molecule has 3 heteroatoms. The van der Waals surface area contributed by atoms with Crippen LogP contribution in [0.3, 0.4) is 0 Å². The van der Waals surface area contributed by atoms with Crippen LogP contribution in [0.25, 0.3) is 6.08 Å². The van der Waals surface area contributed by atoms with Crippen molar-refractivity contribution in [3.05, 3.63) is 42.0 Å². The molecule has 0 aliphatic rings. The lowest BCUT2D eigenvalue weighted by Crippen LogP contribution is -2.26. The van der Waals surface area contributed by atoms with Crippen molar-refractivity contribution in [2.45, 2.75) is 12.5 Å². The van der Waals surface area contributed by atoms with Gasteiger partial charge in [-0.15, -0.1) is 12.4 Å². The van der Waals surface area contributed by atoms with E-state index in [4.69, 9.17) is 10.8 Å². The second-order valence-electron chi connectivity index (χ2n) is 3.10. The van der Waals surface area contributed by atoms with Crippen molar-refractivity contribution in [3.63, 3.8) is 0 Å². The number of aliphatic hydroxyl groups excluding tert-OH is 1. The van der Waals surface area contributed by atoms with E-state index in [0.717, 1.165) is 11.1 Å². The molecule has 0 heterocycles. The summed E-state index contributed by atoms with van der Waals surface area (Å²) >= 11 is 0. The monoisotopic (exact) mass is 213 g/mol. The number of hydrogen-bond acceptors (Lipinski definition) is 2. The van der Waals surface area contributed by atoms with Crippen molar-refractivity contribution in [1.29, 1.82) is 0 Å². The molecule has 0 aromatic heterocycles. The summed E-state index contributed by atoms with van der Waals surface area (Å²) in [5.41, 5.74) is 7.84. The summed E-state index contributed by atoms with van der Waals surface area (Å²) in [6, 6.07) is 7.82. The van der Waals surface area contributed by atoms with Gasteiger partial charge in [0.25, 0.3) is 0 Å². The maximum absolute atomic E-state index is 8.78. The third-order valence-corrected chi connectivity index (χ3v) is 1.92. The van der Waals surface area contributed by atoms with Gasteiger partial charge in [-0.1, -0.05) is 36.9 Å². The molecule has 0 amide bonds. The normalized spacial score (nSPS) is 11.6. The average Bonchev–Trinajstić information content (AvgIpc) is 2.18. The first-order valence-electron chi connectivity index (χ1n) is 4.34. The van der Waals surface area contributed by atoms with E-state index in [1.54, 1.807) is 6.08 Å². The zero-order valence-corrected chi connectivity index (χ0v) is 8.83. The van der Waals surface area contributed by atoms with Crippen LogP contribution in [0.5, 0.6) is 0 Å². The van der Waals surface area contributed by atoms with Crippen LogP contribution in [0.4, 0.5) is 0 Å². The van der Waals surface area contributed by atoms with Gasteiger partial charge in [0.1, 0.15) is 0 Å². The van der Waals surface area contributed by atoms with Gasteiger partial charge in [-0.05, 0) is 17.5 Å². The van der Waals surface area contributed by atoms with Crippen molar-refractivity contribution >= 4 is 18.5 Å². The summed E-state index contributed by atoms with van der Waals surface area (Å²) in [5, 5.41) is 8.78. The first-order valence-corrected chi connectivity index (χ1v) is 4.34. The van der Waals surface area contributed by atoms with Crippen molar-refractivity contribution in [2.75, 3.05) is 6.61 Å². The number of rotatable bonds is 4. The Morgan fingerprint density at radius 3 is 2.79 bits per heavy atom. The third-order valence-electron chi connectivity index (χ3n) is 1.92. The lowest BCUT2D eigenvalue weighted by Gasteiger charge is -2.08. The van der Waals surface area contributed by atoms with Crippen LogP contribution in [0.15, 0.2) is 30.8 Å². The second-order valence-corrected chi connectivity index (χ2v) is 3.10. The molecule has 0 saturated carbocycles. The first-order chi connectivity index (χ1) is 6.26. The van der Waals surface area contributed by atoms with Crippen LogP contribution in [-0.2, 0) is 6.42 Å². The van der Waals surface area contributed by atoms with E-state index >= 15 is 0 Å². The van der Waals surface area contributed by atoms with E-state index in [2.05, 4.69) is 6.58 Å². The number of hydrogen-bond donors (Lipinski definition) is 2. The summed E-state index contributed by atoms with van der Waals surface area (Å²) in [7, 11) is 0. The number of aliphatic hydroxyl groups is 1. The molecule has 0 radical (unpaired) electrons. The van der Waals surface area contributed by atoms with Gasteiger partial charge >= 0.3 is 0 Å². The maximum atomic E-state index is 8.78. The first kappa shape index (κ1) is 13.2. The van der Waals surface area contributed by atoms with Crippen LogP contribution >= 0.6 is 12.4 Å². The Kier molecular flexibility index (Phi) is 6.21. The molecular formula is C11H16ClNO. The minimum Gasteiger partial charge on any atom is -0.395 e. The highest BCUT2D eigenvalue weighted by atomic mass is 35.5. The molecule has 0 aliphatic heterocycles. The van der Waals surface area contributed by atoms with Gasteiger partial charge in [-0.3, -0.25) is 0 Å². The predicted octanol–water partition coefficient (Wildman–Crippen LogP) is 1.61. The van der Waals surface area contributed by atoms with Gasteiger partial charge in [-0.2, -0.15) is 0 Å². The Labute approximate surface area is 90.9 Å². The van der Waals surface area contributed by atoms with Gasteiger partial charge in [0, 0.05) is 6.04 Å². The van der Waals surface area contributed by atoms with Gasteiger partial charge in [0.15, 0.2) is 0 Å². The molecule has 0 bridgehead atoms. The summed E-state index contributed by atoms with van der Waals surface area (Å²) in [5.74, 6) is 0. The highest BCUT2D eigenvalue weighted by Crippen LogP contribution is 2.07. The molecular weight excluding hydrogens is 198 g/mol. The number of benzene rings is 1. The van der Waals surface area contributed by atoms with E-state index in [-0.39, 0.29) is 25.1 Å². The molecule has 1 rings (SSSR count). The molecule has 0 spiro atoms. The predicted molar refractivity (Wildman–Crippen MR) is 62.5 cm³/mol. The Balaban J connectivity index is 0.00000169. The topological polar surface area (TPSA) is 46.2 Å². The fourth-order valence-electron chi connectivity index (χ4n) is 1.21. The Morgan fingerprint density at radius 1 is 1.50 bits per heavy atom. The highest BCUT2D eigenvalue weighted by molar-refractivity contribution is 5.85.